The first-order valence-corrected chi connectivity index (χ1v) is 4.55. The zero-order valence-corrected chi connectivity index (χ0v) is 7.99. The summed E-state index contributed by atoms with van der Waals surface area (Å²) in [6, 6.07) is 5.87. The second-order valence-corrected chi connectivity index (χ2v) is 3.34. The number of fused-ring (bicyclic) bond motifs is 1. The topological polar surface area (TPSA) is 74.9 Å². The number of rotatable bonds is 2. The highest BCUT2D eigenvalue weighted by molar-refractivity contribution is 5.78. The molecule has 2 rings (SSSR count). The van der Waals surface area contributed by atoms with Gasteiger partial charge in [0.1, 0.15) is 11.9 Å². The van der Waals surface area contributed by atoms with E-state index < -0.39 is 6.10 Å². The Balaban J connectivity index is 2.56. The molecular weight excluding hydrogens is 178 g/mol. The van der Waals surface area contributed by atoms with Gasteiger partial charge in [-0.05, 0) is 18.6 Å². The van der Waals surface area contributed by atoms with Gasteiger partial charge in [-0.2, -0.15) is 0 Å². The zero-order valence-electron chi connectivity index (χ0n) is 7.99. The van der Waals surface area contributed by atoms with Gasteiger partial charge in [-0.15, -0.1) is 0 Å². The van der Waals surface area contributed by atoms with Gasteiger partial charge < -0.3 is 15.8 Å². The number of H-pyrrole nitrogens is 1. The van der Waals surface area contributed by atoms with E-state index in [0.717, 1.165) is 16.6 Å². The fourth-order valence-electron chi connectivity index (χ4n) is 1.46. The minimum Gasteiger partial charge on any atom is -0.384 e. The van der Waals surface area contributed by atoms with Crippen LogP contribution >= 0.6 is 0 Å². The van der Waals surface area contributed by atoms with E-state index in [1.807, 2.05) is 25.1 Å². The lowest BCUT2D eigenvalue weighted by Gasteiger charge is -2.01. The summed E-state index contributed by atoms with van der Waals surface area (Å²) in [6.45, 7) is 2.17. The molecule has 1 heterocycles. The second-order valence-electron chi connectivity index (χ2n) is 3.34. The molecule has 4 heteroatoms. The Morgan fingerprint density at radius 3 is 3.00 bits per heavy atom. The molecule has 0 saturated heterocycles. The number of aryl methyl sites for hydroxylation is 1. The number of aliphatic hydroxyl groups excluding tert-OH is 1. The van der Waals surface area contributed by atoms with Crippen molar-refractivity contribution in [3.05, 3.63) is 29.6 Å². The first-order chi connectivity index (χ1) is 6.72. The van der Waals surface area contributed by atoms with Gasteiger partial charge in [0, 0.05) is 6.54 Å². The van der Waals surface area contributed by atoms with Crippen LogP contribution in [-0.2, 0) is 0 Å². The highest BCUT2D eigenvalue weighted by Crippen LogP contribution is 2.18. The normalized spacial score (nSPS) is 13.4. The molecule has 0 saturated carbocycles. The molecule has 1 aromatic heterocycles. The summed E-state index contributed by atoms with van der Waals surface area (Å²) in [5, 5.41) is 9.50. The predicted octanol–water partition coefficient (Wildman–Crippen LogP) is 0.863. The molecule has 14 heavy (non-hydrogen) atoms. The van der Waals surface area contributed by atoms with Gasteiger partial charge in [0.25, 0.3) is 0 Å². The quantitative estimate of drug-likeness (QED) is 0.659. The van der Waals surface area contributed by atoms with Gasteiger partial charge in [0.05, 0.1) is 11.0 Å². The highest BCUT2D eigenvalue weighted by atomic mass is 16.3. The van der Waals surface area contributed by atoms with Crippen molar-refractivity contribution in [2.24, 2.45) is 5.73 Å². The monoisotopic (exact) mass is 191 g/mol. The highest BCUT2D eigenvalue weighted by Gasteiger charge is 2.11. The van der Waals surface area contributed by atoms with Crippen LogP contribution in [0.3, 0.4) is 0 Å². The van der Waals surface area contributed by atoms with Crippen LogP contribution in [-0.4, -0.2) is 21.6 Å². The third-order valence-electron chi connectivity index (χ3n) is 2.27. The summed E-state index contributed by atoms with van der Waals surface area (Å²) in [4.78, 5) is 7.34. The lowest BCUT2D eigenvalue weighted by molar-refractivity contribution is 0.178. The summed E-state index contributed by atoms with van der Waals surface area (Å²) in [6.07, 6.45) is -0.707. The molecule has 0 amide bonds. The van der Waals surface area contributed by atoms with E-state index in [-0.39, 0.29) is 6.54 Å². The number of nitrogens with zero attached hydrogens (tertiary/aromatic N) is 1. The Morgan fingerprint density at radius 1 is 1.57 bits per heavy atom. The number of hydrogen-bond acceptors (Lipinski definition) is 3. The summed E-state index contributed by atoms with van der Waals surface area (Å²) >= 11 is 0. The van der Waals surface area contributed by atoms with Gasteiger partial charge in [-0.1, -0.05) is 12.1 Å². The maximum absolute atomic E-state index is 9.50. The Kier molecular flexibility index (Phi) is 2.23. The summed E-state index contributed by atoms with van der Waals surface area (Å²) in [7, 11) is 0. The fourth-order valence-corrected chi connectivity index (χ4v) is 1.46. The van der Waals surface area contributed by atoms with Crippen LogP contribution in [0, 0.1) is 6.92 Å². The van der Waals surface area contributed by atoms with Crippen molar-refractivity contribution in [3.8, 4) is 0 Å². The maximum atomic E-state index is 9.50. The summed E-state index contributed by atoms with van der Waals surface area (Å²) in [5.41, 5.74) is 8.28. The molecule has 74 valence electrons. The Hall–Kier alpha value is -1.39. The van der Waals surface area contributed by atoms with Gasteiger partial charge in [-0.3, -0.25) is 0 Å². The second kappa shape index (κ2) is 3.40. The van der Waals surface area contributed by atoms with E-state index in [2.05, 4.69) is 9.97 Å². The minimum atomic E-state index is -0.707. The molecule has 4 nitrogen and oxygen atoms in total. The molecule has 2 aromatic rings. The first-order valence-electron chi connectivity index (χ1n) is 4.55. The molecule has 1 atom stereocenters. The third kappa shape index (κ3) is 1.38. The molecule has 0 aliphatic rings. The van der Waals surface area contributed by atoms with Crippen LogP contribution in [0.1, 0.15) is 17.5 Å². The molecule has 0 radical (unpaired) electrons. The Labute approximate surface area is 81.8 Å². The number of aliphatic hydroxyl groups is 1. The van der Waals surface area contributed by atoms with Gasteiger partial charge >= 0.3 is 0 Å². The SMILES string of the molecule is Cc1cccc2[nH]c(C(O)CN)nc12. The van der Waals surface area contributed by atoms with Crippen LogP contribution in [0.15, 0.2) is 18.2 Å². The van der Waals surface area contributed by atoms with E-state index in [1.165, 1.54) is 0 Å². The van der Waals surface area contributed by atoms with Crippen molar-refractivity contribution in [1.82, 2.24) is 9.97 Å². The molecule has 4 N–H and O–H groups in total. The number of para-hydroxylation sites is 1. The molecule has 0 spiro atoms. The van der Waals surface area contributed by atoms with Gasteiger partial charge in [0.15, 0.2) is 0 Å². The Bertz CT molecular complexity index is 450. The maximum Gasteiger partial charge on any atom is 0.137 e. The zero-order chi connectivity index (χ0) is 10.1. The molecular formula is C10H13N3O. The van der Waals surface area contributed by atoms with E-state index in [4.69, 9.17) is 5.73 Å². The van der Waals surface area contributed by atoms with Crippen LogP contribution in [0.4, 0.5) is 0 Å². The van der Waals surface area contributed by atoms with Crippen molar-refractivity contribution >= 4 is 11.0 Å². The number of nitrogens with one attached hydrogen (secondary N) is 1. The smallest absolute Gasteiger partial charge is 0.137 e. The number of hydrogen-bond donors (Lipinski definition) is 3. The summed E-state index contributed by atoms with van der Waals surface area (Å²) < 4.78 is 0. The molecule has 0 aliphatic carbocycles. The van der Waals surface area contributed by atoms with Crippen molar-refractivity contribution < 1.29 is 5.11 Å². The summed E-state index contributed by atoms with van der Waals surface area (Å²) in [5.74, 6) is 0.539. The van der Waals surface area contributed by atoms with Crippen LogP contribution in [0.5, 0.6) is 0 Å². The lowest BCUT2D eigenvalue weighted by atomic mass is 10.2. The lowest BCUT2D eigenvalue weighted by Crippen LogP contribution is -2.12. The predicted molar refractivity (Wildman–Crippen MR) is 54.8 cm³/mol. The number of aromatic amines is 1. The number of nitrogens with two attached hydrogens (primary N) is 1. The van der Waals surface area contributed by atoms with Crippen molar-refractivity contribution in [2.75, 3.05) is 6.54 Å². The van der Waals surface area contributed by atoms with Crippen molar-refractivity contribution in [2.45, 2.75) is 13.0 Å². The standard InChI is InChI=1S/C10H13N3O/c1-6-3-2-4-7-9(6)13-10(12-7)8(14)5-11/h2-4,8,14H,5,11H2,1H3,(H,12,13). The van der Waals surface area contributed by atoms with E-state index in [0.29, 0.717) is 5.82 Å². The van der Waals surface area contributed by atoms with E-state index in [1.54, 1.807) is 0 Å². The van der Waals surface area contributed by atoms with Crippen molar-refractivity contribution in [1.29, 1.82) is 0 Å². The average Bonchev–Trinajstić information content (AvgIpc) is 2.62. The fraction of sp³-hybridized carbons (Fsp3) is 0.300. The number of benzene rings is 1. The molecule has 1 aromatic carbocycles. The van der Waals surface area contributed by atoms with Crippen LogP contribution in [0.25, 0.3) is 11.0 Å². The Morgan fingerprint density at radius 2 is 2.36 bits per heavy atom. The first kappa shape index (κ1) is 9.18. The molecule has 1 unspecified atom stereocenters. The largest absolute Gasteiger partial charge is 0.384 e. The van der Waals surface area contributed by atoms with Crippen LogP contribution < -0.4 is 5.73 Å². The molecule has 0 aliphatic heterocycles. The number of imidazole rings is 1. The van der Waals surface area contributed by atoms with Crippen LogP contribution in [0.2, 0.25) is 0 Å². The van der Waals surface area contributed by atoms with E-state index >= 15 is 0 Å². The minimum absolute atomic E-state index is 0.179. The van der Waals surface area contributed by atoms with E-state index in [9.17, 15) is 5.11 Å². The average molecular weight is 191 g/mol. The van der Waals surface area contributed by atoms with Gasteiger partial charge in [-0.25, -0.2) is 4.98 Å². The molecule has 0 fully saturated rings. The number of aromatic nitrogens is 2. The van der Waals surface area contributed by atoms with Gasteiger partial charge in [0.2, 0.25) is 0 Å². The molecule has 0 bridgehead atoms. The third-order valence-corrected chi connectivity index (χ3v) is 2.27. The van der Waals surface area contributed by atoms with Crippen molar-refractivity contribution in [3.63, 3.8) is 0 Å².